The van der Waals surface area contributed by atoms with E-state index in [0.717, 1.165) is 42.3 Å². The van der Waals surface area contributed by atoms with E-state index in [4.69, 9.17) is 5.10 Å². The number of hydrogen-bond acceptors (Lipinski definition) is 4. The van der Waals surface area contributed by atoms with Gasteiger partial charge in [0.05, 0.1) is 17.9 Å². The van der Waals surface area contributed by atoms with Crippen molar-refractivity contribution in [3.63, 3.8) is 0 Å². The Balaban J connectivity index is 0.000000225. The lowest BCUT2D eigenvalue weighted by Gasteiger charge is -2.19. The first kappa shape index (κ1) is 26.3. The van der Waals surface area contributed by atoms with Crippen molar-refractivity contribution in [3.8, 4) is 11.3 Å². The van der Waals surface area contributed by atoms with E-state index in [2.05, 4.69) is 41.0 Å². The molecule has 0 N–H and O–H groups in total. The van der Waals surface area contributed by atoms with E-state index in [1.54, 1.807) is 12.4 Å². The minimum Gasteiger partial charge on any atom is -0.337 e. The minimum atomic E-state index is -0.206. The average Bonchev–Trinajstić information content (AvgIpc) is 3.29. The second-order valence-corrected chi connectivity index (χ2v) is 9.19. The molecule has 3 aromatic rings. The van der Waals surface area contributed by atoms with E-state index in [0.29, 0.717) is 12.5 Å². The molecule has 0 unspecified atom stereocenters. The zero-order valence-corrected chi connectivity index (χ0v) is 21.2. The maximum absolute atomic E-state index is 13.2. The fraction of sp³-hybridized carbons (Fsp3) is 0.414. The number of allylic oxidation sites excluding steroid dienone is 1. The first-order chi connectivity index (χ1) is 17.0. The van der Waals surface area contributed by atoms with Crippen LogP contribution in [0.1, 0.15) is 64.0 Å². The van der Waals surface area contributed by atoms with E-state index in [9.17, 15) is 4.39 Å². The Morgan fingerprint density at radius 2 is 1.83 bits per heavy atom. The van der Waals surface area contributed by atoms with Gasteiger partial charge in [0.25, 0.3) is 0 Å². The van der Waals surface area contributed by atoms with Crippen molar-refractivity contribution >= 4 is 5.95 Å². The highest BCUT2D eigenvalue weighted by molar-refractivity contribution is 5.60. The van der Waals surface area contributed by atoms with E-state index >= 15 is 0 Å². The van der Waals surface area contributed by atoms with E-state index < -0.39 is 0 Å². The molecular weight excluding hydrogens is 437 g/mol. The SMILES string of the molecule is C=C(C)Cn1nc(C2CCCCC2)cc1-c1ccc(F)cc1.C=CCN(CCC)c1ncccn1. The largest absolute Gasteiger partial charge is 0.337 e. The Morgan fingerprint density at radius 1 is 1.14 bits per heavy atom. The van der Waals surface area contributed by atoms with Gasteiger partial charge in [0, 0.05) is 37.0 Å². The lowest BCUT2D eigenvalue weighted by molar-refractivity contribution is 0.432. The molecule has 5 nitrogen and oxygen atoms in total. The van der Waals surface area contributed by atoms with Gasteiger partial charge in [0.2, 0.25) is 5.95 Å². The van der Waals surface area contributed by atoms with Gasteiger partial charge < -0.3 is 4.90 Å². The third-order valence-corrected chi connectivity index (χ3v) is 6.06. The predicted octanol–water partition coefficient (Wildman–Crippen LogP) is 7.19. The molecule has 0 amide bonds. The Hall–Kier alpha value is -3.28. The van der Waals surface area contributed by atoms with Gasteiger partial charge in [0.15, 0.2) is 0 Å². The molecule has 2 heterocycles. The summed E-state index contributed by atoms with van der Waals surface area (Å²) in [7, 11) is 0. The lowest BCUT2D eigenvalue weighted by Crippen LogP contribution is -2.25. The maximum atomic E-state index is 13.2. The highest BCUT2D eigenvalue weighted by atomic mass is 19.1. The van der Waals surface area contributed by atoms with Crippen LogP contribution in [0.25, 0.3) is 11.3 Å². The number of benzene rings is 1. The topological polar surface area (TPSA) is 46.8 Å². The van der Waals surface area contributed by atoms with Gasteiger partial charge in [-0.1, -0.05) is 44.4 Å². The summed E-state index contributed by atoms with van der Waals surface area (Å²) in [4.78, 5) is 10.5. The maximum Gasteiger partial charge on any atom is 0.225 e. The normalized spacial score (nSPS) is 13.6. The van der Waals surface area contributed by atoms with Gasteiger partial charge in [-0.2, -0.15) is 5.10 Å². The van der Waals surface area contributed by atoms with Gasteiger partial charge in [0.1, 0.15) is 5.82 Å². The van der Waals surface area contributed by atoms with Crippen molar-refractivity contribution in [1.82, 2.24) is 19.7 Å². The highest BCUT2D eigenvalue weighted by Crippen LogP contribution is 2.34. The van der Waals surface area contributed by atoms with Crippen molar-refractivity contribution in [2.24, 2.45) is 0 Å². The Morgan fingerprint density at radius 3 is 2.43 bits per heavy atom. The van der Waals surface area contributed by atoms with Crippen molar-refractivity contribution in [2.45, 2.75) is 64.8 Å². The molecule has 0 aliphatic heterocycles. The van der Waals surface area contributed by atoms with Crippen LogP contribution < -0.4 is 4.90 Å². The summed E-state index contributed by atoms with van der Waals surface area (Å²) in [6, 6.07) is 10.7. The second-order valence-electron chi connectivity index (χ2n) is 9.19. The van der Waals surface area contributed by atoms with Gasteiger partial charge in [-0.15, -0.1) is 6.58 Å². The summed E-state index contributed by atoms with van der Waals surface area (Å²) < 4.78 is 15.2. The van der Waals surface area contributed by atoms with Crippen LogP contribution in [-0.4, -0.2) is 32.8 Å². The average molecular weight is 476 g/mol. The summed E-state index contributed by atoms with van der Waals surface area (Å²) in [5, 5.41) is 4.83. The van der Waals surface area contributed by atoms with E-state index in [-0.39, 0.29) is 5.82 Å². The van der Waals surface area contributed by atoms with E-state index in [1.165, 1.54) is 49.9 Å². The number of rotatable bonds is 9. The standard InChI is InChI=1S/C19H23FN2.C10H15N3/c1-14(2)13-22-19(16-8-10-17(20)11-9-16)12-18(21-22)15-6-4-3-5-7-15;1-3-8-13(9-4-2)10-11-6-5-7-12-10/h8-12,15H,1,3-7,13H2,2H3;3,5-7H,1,4,8-9H2,2H3. The molecule has 1 aliphatic rings. The van der Waals surface area contributed by atoms with Crippen LogP contribution >= 0.6 is 0 Å². The van der Waals surface area contributed by atoms with E-state index in [1.807, 2.05) is 35.9 Å². The fourth-order valence-corrected chi connectivity index (χ4v) is 4.42. The summed E-state index contributed by atoms with van der Waals surface area (Å²) in [5.74, 6) is 1.14. The Labute approximate surface area is 209 Å². The molecule has 4 rings (SSSR count). The molecule has 1 aliphatic carbocycles. The molecule has 0 bridgehead atoms. The molecule has 6 heteroatoms. The molecule has 35 heavy (non-hydrogen) atoms. The highest BCUT2D eigenvalue weighted by Gasteiger charge is 2.20. The van der Waals surface area contributed by atoms with Crippen LogP contribution in [0.5, 0.6) is 0 Å². The lowest BCUT2D eigenvalue weighted by atomic mass is 9.87. The minimum absolute atomic E-state index is 0.206. The predicted molar refractivity (Wildman–Crippen MR) is 143 cm³/mol. The number of halogens is 1. The van der Waals surface area contributed by atoms with Gasteiger partial charge in [-0.05, 0) is 62.6 Å². The first-order valence-corrected chi connectivity index (χ1v) is 12.6. The molecule has 1 aromatic carbocycles. The molecule has 186 valence electrons. The molecule has 1 fully saturated rings. The van der Waals surface area contributed by atoms with Gasteiger partial charge in [-0.3, -0.25) is 4.68 Å². The van der Waals surface area contributed by atoms with Crippen LogP contribution in [0.2, 0.25) is 0 Å². The summed E-state index contributed by atoms with van der Waals surface area (Å²) in [6.07, 6.45) is 12.9. The van der Waals surface area contributed by atoms with Crippen molar-refractivity contribution in [3.05, 3.63) is 85.1 Å². The van der Waals surface area contributed by atoms with Crippen LogP contribution in [0.15, 0.2) is 73.6 Å². The number of anilines is 1. The number of hydrogen-bond donors (Lipinski definition) is 0. The number of nitrogens with zero attached hydrogens (tertiary/aromatic N) is 5. The fourth-order valence-electron chi connectivity index (χ4n) is 4.42. The quantitative estimate of drug-likeness (QED) is 0.307. The smallest absolute Gasteiger partial charge is 0.225 e. The zero-order valence-electron chi connectivity index (χ0n) is 21.2. The molecule has 0 saturated heterocycles. The monoisotopic (exact) mass is 475 g/mol. The Kier molecular flexibility index (Phi) is 10.2. The summed E-state index contributed by atoms with van der Waals surface area (Å²) >= 11 is 0. The second kappa shape index (κ2) is 13.6. The van der Waals surface area contributed by atoms with Gasteiger partial charge >= 0.3 is 0 Å². The molecule has 0 spiro atoms. The molecule has 0 atom stereocenters. The Bertz CT molecular complexity index is 1050. The molecule has 2 aromatic heterocycles. The third kappa shape index (κ3) is 7.88. The molecule has 0 radical (unpaired) electrons. The van der Waals surface area contributed by atoms with Crippen molar-refractivity contribution < 1.29 is 4.39 Å². The molecule has 1 saturated carbocycles. The van der Waals surface area contributed by atoms with Gasteiger partial charge in [-0.25, -0.2) is 14.4 Å². The van der Waals surface area contributed by atoms with Crippen LogP contribution in [0.4, 0.5) is 10.3 Å². The van der Waals surface area contributed by atoms with Crippen molar-refractivity contribution in [2.75, 3.05) is 18.0 Å². The first-order valence-electron chi connectivity index (χ1n) is 12.6. The molecular formula is C29H38FN5. The summed E-state index contributed by atoms with van der Waals surface area (Å²) in [5.41, 5.74) is 4.32. The number of aromatic nitrogens is 4. The third-order valence-electron chi connectivity index (χ3n) is 6.06. The summed E-state index contributed by atoms with van der Waals surface area (Å²) in [6.45, 7) is 14.3. The van der Waals surface area contributed by atoms with Crippen LogP contribution in [-0.2, 0) is 6.54 Å². The van der Waals surface area contributed by atoms with Crippen LogP contribution in [0, 0.1) is 5.82 Å². The van der Waals surface area contributed by atoms with Crippen molar-refractivity contribution in [1.29, 1.82) is 0 Å². The van der Waals surface area contributed by atoms with Crippen LogP contribution in [0.3, 0.4) is 0 Å². The zero-order chi connectivity index (χ0) is 25.0.